The molecule has 33 heavy (non-hydrogen) atoms. The number of benzene rings is 1. The van der Waals surface area contributed by atoms with Crippen molar-refractivity contribution in [3.63, 3.8) is 0 Å². The van der Waals surface area contributed by atoms with E-state index in [1.54, 1.807) is 7.11 Å². The van der Waals surface area contributed by atoms with Crippen molar-refractivity contribution in [1.29, 1.82) is 0 Å². The number of fused-ring (bicyclic) bond motifs is 2. The Labute approximate surface area is 188 Å². The Balaban J connectivity index is 1.69. The third-order valence-electron chi connectivity index (χ3n) is 7.81. The first-order valence-corrected chi connectivity index (χ1v) is 10.9. The monoisotopic (exact) mass is 455 g/mol. The summed E-state index contributed by atoms with van der Waals surface area (Å²) in [5.74, 6) is 0.729. The predicted octanol–water partition coefficient (Wildman–Crippen LogP) is -0.121. The van der Waals surface area contributed by atoms with Crippen molar-refractivity contribution in [2.45, 2.75) is 36.1 Å². The summed E-state index contributed by atoms with van der Waals surface area (Å²) in [6.07, 6.45) is 3.68. The number of nitrogens with zero attached hydrogens (tertiary/aromatic N) is 3. The highest BCUT2D eigenvalue weighted by Gasteiger charge is 2.62. The second kappa shape index (κ2) is 6.72. The number of hydrogen-bond donors (Lipinski definition) is 2. The van der Waals surface area contributed by atoms with Crippen LogP contribution in [-0.2, 0) is 24.2 Å². The van der Waals surface area contributed by atoms with Crippen LogP contribution < -0.4 is 20.7 Å². The van der Waals surface area contributed by atoms with Gasteiger partial charge in [-0.25, -0.2) is 4.79 Å². The predicted molar refractivity (Wildman–Crippen MR) is 116 cm³/mol. The van der Waals surface area contributed by atoms with E-state index in [-0.39, 0.29) is 36.9 Å². The van der Waals surface area contributed by atoms with E-state index in [0.717, 1.165) is 20.3 Å². The molecule has 1 saturated heterocycles. The summed E-state index contributed by atoms with van der Waals surface area (Å²) in [5.41, 5.74) is -0.260. The number of rotatable bonds is 2. The minimum absolute atomic E-state index is 0.0834. The molecule has 6 atom stereocenters. The number of hydrogen-bond acceptors (Lipinski definition) is 8. The molecule has 0 amide bonds. The summed E-state index contributed by atoms with van der Waals surface area (Å²) in [5, 5.41) is 22.4. The first kappa shape index (κ1) is 20.5. The first-order chi connectivity index (χ1) is 15.8. The Kier molecular flexibility index (Phi) is 4.18. The van der Waals surface area contributed by atoms with Gasteiger partial charge in [-0.2, -0.15) is 0 Å². The molecule has 2 bridgehead atoms. The molecular weight excluding hydrogens is 430 g/mol. The van der Waals surface area contributed by atoms with Gasteiger partial charge in [-0.15, -0.1) is 0 Å². The van der Waals surface area contributed by atoms with E-state index >= 15 is 0 Å². The lowest BCUT2D eigenvalue weighted by atomic mass is 9.63. The summed E-state index contributed by atoms with van der Waals surface area (Å²) in [4.78, 5) is 27.8. The van der Waals surface area contributed by atoms with Gasteiger partial charge >= 0.3 is 5.69 Å². The molecule has 1 fully saturated rings. The zero-order valence-corrected chi connectivity index (χ0v) is 18.5. The molecule has 4 heterocycles. The van der Waals surface area contributed by atoms with Gasteiger partial charge in [0.1, 0.15) is 0 Å². The van der Waals surface area contributed by atoms with Gasteiger partial charge in [-0.1, -0.05) is 12.2 Å². The van der Waals surface area contributed by atoms with Crippen molar-refractivity contribution >= 4 is 0 Å². The number of aromatic nitrogens is 2. The Hall–Kier alpha value is -3.08. The van der Waals surface area contributed by atoms with Crippen LogP contribution in [0.15, 0.2) is 33.9 Å². The van der Waals surface area contributed by atoms with Gasteiger partial charge in [0.2, 0.25) is 12.7 Å². The summed E-state index contributed by atoms with van der Waals surface area (Å²) in [6, 6.07) is 2.82. The molecule has 3 aliphatic heterocycles. The van der Waals surface area contributed by atoms with Crippen LogP contribution in [0.4, 0.5) is 0 Å². The number of methoxy groups -OCH3 is 1. The van der Waals surface area contributed by atoms with Crippen LogP contribution in [0.3, 0.4) is 0 Å². The average Bonchev–Trinajstić information content (AvgIpc) is 3.37. The van der Waals surface area contributed by atoms with Crippen molar-refractivity contribution < 1.29 is 24.4 Å². The molecule has 4 aliphatic rings. The quantitative estimate of drug-likeness (QED) is 0.603. The average molecular weight is 455 g/mol. The largest absolute Gasteiger partial charge is 0.494 e. The van der Waals surface area contributed by atoms with Gasteiger partial charge in [0, 0.05) is 33.8 Å². The van der Waals surface area contributed by atoms with Gasteiger partial charge in [0.15, 0.2) is 11.5 Å². The topological polar surface area (TPSA) is 115 Å². The molecule has 174 valence electrons. The number of aliphatic hydroxyl groups is 1. The lowest BCUT2D eigenvalue weighted by Crippen LogP contribution is -2.54. The maximum Gasteiger partial charge on any atom is 0.333 e. The SMILES string of the molecule is CO[C@H]1C=C[C@@]23c4cc5c(cc4[C@H](c4c(O)n(C)c(=O)n(C)c4=O)N(C[C@H]2O)[C@H]3C1)OCO5. The number of aromatic hydroxyl groups is 1. The molecule has 6 rings (SSSR count). The molecule has 2 aromatic rings. The number of aliphatic hydroxyl groups excluding tert-OH is 1. The van der Waals surface area contributed by atoms with E-state index in [9.17, 15) is 19.8 Å². The molecule has 0 spiro atoms. The van der Waals surface area contributed by atoms with Crippen LogP contribution in [0.2, 0.25) is 0 Å². The van der Waals surface area contributed by atoms with Crippen LogP contribution in [0.1, 0.15) is 29.2 Å². The van der Waals surface area contributed by atoms with Gasteiger partial charge in [0.25, 0.3) is 5.56 Å². The van der Waals surface area contributed by atoms with Crippen molar-refractivity contribution in [2.75, 3.05) is 20.4 Å². The van der Waals surface area contributed by atoms with E-state index in [0.29, 0.717) is 17.9 Å². The summed E-state index contributed by atoms with van der Waals surface area (Å²) in [7, 11) is 4.46. The summed E-state index contributed by atoms with van der Waals surface area (Å²) in [6.45, 7) is 0.364. The third-order valence-corrected chi connectivity index (χ3v) is 7.81. The molecule has 1 aliphatic carbocycles. The molecule has 1 aromatic heterocycles. The Morgan fingerprint density at radius 2 is 1.88 bits per heavy atom. The molecular formula is C23H25N3O7. The zero-order chi connectivity index (χ0) is 23.2. The maximum atomic E-state index is 13.3. The minimum atomic E-state index is -0.751. The van der Waals surface area contributed by atoms with E-state index < -0.39 is 28.8 Å². The zero-order valence-electron chi connectivity index (χ0n) is 18.5. The molecule has 10 heteroatoms. The fourth-order valence-electron chi connectivity index (χ4n) is 6.16. The standard InChI is InChI=1S/C23H25N3O7/c1-24-20(28)18(21(29)25(2)22(24)30)19-12-7-14-15(33-10-32-14)8-13(12)23-5-4-11(31-3)6-16(23)26(19)9-17(23)27/h4-5,7-8,11,16-17,19,27-28H,6,9-10H2,1-3H3/t11-,16-,17+,19+,23-/m0/s1. The Morgan fingerprint density at radius 3 is 2.61 bits per heavy atom. The Bertz CT molecular complexity index is 1330. The highest BCUT2D eigenvalue weighted by Crippen LogP contribution is 2.58. The highest BCUT2D eigenvalue weighted by atomic mass is 16.7. The summed E-state index contributed by atoms with van der Waals surface area (Å²) < 4.78 is 18.9. The lowest BCUT2D eigenvalue weighted by molar-refractivity contribution is 0.0586. The van der Waals surface area contributed by atoms with E-state index in [1.165, 1.54) is 14.1 Å². The van der Waals surface area contributed by atoms with Crippen LogP contribution in [0.25, 0.3) is 0 Å². The maximum absolute atomic E-state index is 13.3. The van der Waals surface area contributed by atoms with Gasteiger partial charge in [-0.3, -0.25) is 18.8 Å². The minimum Gasteiger partial charge on any atom is -0.494 e. The Morgan fingerprint density at radius 1 is 1.15 bits per heavy atom. The van der Waals surface area contributed by atoms with Crippen LogP contribution in [0, 0.1) is 0 Å². The fraction of sp³-hybridized carbons (Fsp3) is 0.478. The molecule has 10 nitrogen and oxygen atoms in total. The highest BCUT2D eigenvalue weighted by molar-refractivity contribution is 5.60. The van der Waals surface area contributed by atoms with Crippen LogP contribution in [-0.4, -0.2) is 62.9 Å². The van der Waals surface area contributed by atoms with Crippen LogP contribution in [0.5, 0.6) is 17.4 Å². The van der Waals surface area contributed by atoms with Crippen molar-refractivity contribution in [1.82, 2.24) is 14.0 Å². The third kappa shape index (κ3) is 2.43. The first-order valence-electron chi connectivity index (χ1n) is 10.9. The normalized spacial score (nSPS) is 33.2. The van der Waals surface area contributed by atoms with Crippen molar-refractivity contribution in [2.24, 2.45) is 14.1 Å². The fourth-order valence-corrected chi connectivity index (χ4v) is 6.16. The summed E-state index contributed by atoms with van der Waals surface area (Å²) >= 11 is 0. The van der Waals surface area contributed by atoms with E-state index in [1.807, 2.05) is 29.2 Å². The second-order valence-electron chi connectivity index (χ2n) is 9.17. The number of ether oxygens (including phenoxy) is 3. The van der Waals surface area contributed by atoms with Crippen molar-refractivity contribution in [3.8, 4) is 17.4 Å². The smallest absolute Gasteiger partial charge is 0.333 e. The molecule has 1 aromatic carbocycles. The molecule has 0 radical (unpaired) electrons. The van der Waals surface area contributed by atoms with E-state index in [2.05, 4.69) is 0 Å². The van der Waals surface area contributed by atoms with Gasteiger partial charge in [0.05, 0.1) is 29.2 Å². The second-order valence-corrected chi connectivity index (χ2v) is 9.17. The van der Waals surface area contributed by atoms with Gasteiger partial charge < -0.3 is 24.4 Å². The molecule has 1 unspecified atom stereocenters. The molecule has 2 N–H and O–H groups in total. The van der Waals surface area contributed by atoms with Gasteiger partial charge in [-0.05, 0) is 29.7 Å². The van der Waals surface area contributed by atoms with E-state index in [4.69, 9.17) is 14.2 Å². The lowest BCUT2D eigenvalue weighted by Gasteiger charge is -2.49. The van der Waals surface area contributed by atoms with Crippen LogP contribution >= 0.6 is 0 Å². The van der Waals surface area contributed by atoms with Crippen molar-refractivity contribution in [3.05, 3.63) is 61.8 Å². The molecule has 0 saturated carbocycles.